The molecule has 0 spiro atoms. The van der Waals surface area contributed by atoms with Crippen LogP contribution in [0.2, 0.25) is 0 Å². The van der Waals surface area contributed by atoms with Gasteiger partial charge in [0, 0.05) is 25.7 Å². The smallest absolute Gasteiger partial charge is 0.224 e. The zero-order chi connectivity index (χ0) is 18.4. The molecule has 2 aliphatic rings. The SMILES string of the molecule is COc1ccc(CC(=O)NC2CCN(CC3CCCC3)CC2)cc1OC. The van der Waals surface area contributed by atoms with Crippen LogP contribution < -0.4 is 14.8 Å². The number of benzene rings is 1. The van der Waals surface area contributed by atoms with Crippen LogP contribution in [0.15, 0.2) is 18.2 Å². The summed E-state index contributed by atoms with van der Waals surface area (Å²) in [6, 6.07) is 5.96. The van der Waals surface area contributed by atoms with Crippen LogP contribution in [0.4, 0.5) is 0 Å². The van der Waals surface area contributed by atoms with Crippen molar-refractivity contribution in [2.24, 2.45) is 5.92 Å². The summed E-state index contributed by atoms with van der Waals surface area (Å²) >= 11 is 0. The van der Waals surface area contributed by atoms with Gasteiger partial charge in [-0.05, 0) is 49.3 Å². The van der Waals surface area contributed by atoms with Gasteiger partial charge in [0.25, 0.3) is 0 Å². The van der Waals surface area contributed by atoms with E-state index in [-0.39, 0.29) is 5.91 Å². The molecule has 144 valence electrons. The lowest BCUT2D eigenvalue weighted by molar-refractivity contribution is -0.121. The third kappa shape index (κ3) is 5.13. The van der Waals surface area contributed by atoms with E-state index in [0.29, 0.717) is 24.0 Å². The quantitative estimate of drug-likeness (QED) is 0.812. The van der Waals surface area contributed by atoms with Crippen LogP contribution in [-0.4, -0.2) is 50.7 Å². The van der Waals surface area contributed by atoms with Crippen molar-refractivity contribution in [3.05, 3.63) is 23.8 Å². The Morgan fingerprint density at radius 1 is 1.08 bits per heavy atom. The minimum Gasteiger partial charge on any atom is -0.493 e. The summed E-state index contributed by atoms with van der Waals surface area (Å²) < 4.78 is 10.6. The molecule has 1 aromatic carbocycles. The van der Waals surface area contributed by atoms with Crippen molar-refractivity contribution in [3.63, 3.8) is 0 Å². The maximum Gasteiger partial charge on any atom is 0.224 e. The molecule has 0 radical (unpaired) electrons. The molecule has 3 rings (SSSR count). The lowest BCUT2D eigenvalue weighted by Crippen LogP contribution is -2.46. The van der Waals surface area contributed by atoms with Crippen molar-refractivity contribution in [3.8, 4) is 11.5 Å². The first-order valence-corrected chi connectivity index (χ1v) is 9.90. The van der Waals surface area contributed by atoms with Crippen LogP contribution >= 0.6 is 0 Å². The van der Waals surface area contributed by atoms with Crippen molar-refractivity contribution >= 4 is 5.91 Å². The number of methoxy groups -OCH3 is 2. The van der Waals surface area contributed by atoms with Crippen molar-refractivity contribution in [2.45, 2.75) is 51.0 Å². The van der Waals surface area contributed by atoms with Gasteiger partial charge in [0.1, 0.15) is 0 Å². The second-order valence-corrected chi connectivity index (χ2v) is 7.66. The van der Waals surface area contributed by atoms with Crippen LogP contribution in [-0.2, 0) is 11.2 Å². The van der Waals surface area contributed by atoms with Gasteiger partial charge in [-0.25, -0.2) is 0 Å². The van der Waals surface area contributed by atoms with E-state index in [1.165, 1.54) is 32.2 Å². The van der Waals surface area contributed by atoms with E-state index >= 15 is 0 Å². The average Bonchev–Trinajstić information content (AvgIpc) is 3.16. The van der Waals surface area contributed by atoms with Gasteiger partial charge in [-0.3, -0.25) is 4.79 Å². The molecule has 1 saturated carbocycles. The molecular weight excluding hydrogens is 328 g/mol. The Hall–Kier alpha value is -1.75. The summed E-state index contributed by atoms with van der Waals surface area (Å²) in [5.41, 5.74) is 0.943. The minimum atomic E-state index is 0.0893. The van der Waals surface area contributed by atoms with Gasteiger partial charge in [0.15, 0.2) is 11.5 Å². The van der Waals surface area contributed by atoms with Crippen molar-refractivity contribution in [1.29, 1.82) is 0 Å². The number of piperidine rings is 1. The highest BCUT2D eigenvalue weighted by atomic mass is 16.5. The lowest BCUT2D eigenvalue weighted by atomic mass is 10.0. The van der Waals surface area contributed by atoms with E-state index < -0.39 is 0 Å². The Bertz CT molecular complexity index is 591. The highest BCUT2D eigenvalue weighted by Crippen LogP contribution is 2.28. The summed E-state index contributed by atoms with van der Waals surface area (Å²) in [6.07, 6.45) is 8.13. The highest BCUT2D eigenvalue weighted by Gasteiger charge is 2.24. The van der Waals surface area contributed by atoms with Gasteiger partial charge in [-0.15, -0.1) is 0 Å². The third-order valence-corrected chi connectivity index (χ3v) is 5.76. The van der Waals surface area contributed by atoms with Gasteiger partial charge in [0.05, 0.1) is 20.6 Å². The number of nitrogens with one attached hydrogen (secondary N) is 1. The first-order valence-electron chi connectivity index (χ1n) is 9.90. The topological polar surface area (TPSA) is 50.8 Å². The number of carbonyl (C=O) groups excluding carboxylic acids is 1. The number of carbonyl (C=O) groups is 1. The first-order chi connectivity index (χ1) is 12.7. The molecule has 0 atom stereocenters. The third-order valence-electron chi connectivity index (χ3n) is 5.76. The molecule has 1 aliphatic heterocycles. The zero-order valence-corrected chi connectivity index (χ0v) is 16.1. The first kappa shape index (κ1) is 19.0. The van der Waals surface area contributed by atoms with Crippen LogP contribution in [0.5, 0.6) is 11.5 Å². The summed E-state index contributed by atoms with van der Waals surface area (Å²) in [4.78, 5) is 15.0. The maximum absolute atomic E-state index is 12.4. The number of amides is 1. The number of hydrogen-bond donors (Lipinski definition) is 1. The van der Waals surface area contributed by atoms with Gasteiger partial charge in [0.2, 0.25) is 5.91 Å². The van der Waals surface area contributed by atoms with Crippen LogP contribution in [0.25, 0.3) is 0 Å². The van der Waals surface area contributed by atoms with Crippen molar-refractivity contribution in [2.75, 3.05) is 33.9 Å². The fourth-order valence-electron chi connectivity index (χ4n) is 4.27. The number of rotatable bonds is 7. The van der Waals surface area contributed by atoms with Gasteiger partial charge < -0.3 is 19.7 Å². The van der Waals surface area contributed by atoms with Gasteiger partial charge in [-0.1, -0.05) is 18.9 Å². The molecule has 26 heavy (non-hydrogen) atoms. The Balaban J connectivity index is 1.42. The Labute approximate surface area is 157 Å². The molecule has 2 fully saturated rings. The second-order valence-electron chi connectivity index (χ2n) is 7.66. The molecule has 1 N–H and O–H groups in total. The van der Waals surface area contributed by atoms with Crippen LogP contribution in [0.1, 0.15) is 44.1 Å². The predicted octanol–water partition coefficient (Wildman–Crippen LogP) is 3.02. The summed E-state index contributed by atoms with van der Waals surface area (Å²) in [5, 5.41) is 3.21. The molecule has 1 heterocycles. The van der Waals surface area contributed by atoms with Crippen LogP contribution in [0.3, 0.4) is 0 Å². The average molecular weight is 360 g/mol. The lowest BCUT2D eigenvalue weighted by Gasteiger charge is -2.33. The van der Waals surface area contributed by atoms with E-state index in [4.69, 9.17) is 9.47 Å². The summed E-state index contributed by atoms with van der Waals surface area (Å²) in [6.45, 7) is 3.47. The molecule has 1 aromatic rings. The molecule has 0 bridgehead atoms. The second kappa shape index (κ2) is 9.26. The standard InChI is InChI=1S/C21H32N2O3/c1-25-19-8-7-17(13-20(19)26-2)14-21(24)22-18-9-11-23(12-10-18)15-16-5-3-4-6-16/h7-8,13,16,18H,3-6,9-12,14-15H2,1-2H3,(H,22,24). The summed E-state index contributed by atoms with van der Waals surface area (Å²) in [5.74, 6) is 2.35. The number of ether oxygens (including phenoxy) is 2. The van der Waals surface area contributed by atoms with E-state index in [1.807, 2.05) is 18.2 Å². The van der Waals surface area contributed by atoms with Crippen LogP contribution in [0, 0.1) is 5.92 Å². The number of hydrogen-bond acceptors (Lipinski definition) is 4. The molecule has 0 unspecified atom stereocenters. The zero-order valence-electron chi connectivity index (χ0n) is 16.1. The Morgan fingerprint density at radius 2 is 1.77 bits per heavy atom. The largest absolute Gasteiger partial charge is 0.493 e. The molecule has 1 amide bonds. The fourth-order valence-corrected chi connectivity index (χ4v) is 4.27. The van der Waals surface area contributed by atoms with Gasteiger partial charge >= 0.3 is 0 Å². The van der Waals surface area contributed by atoms with E-state index in [2.05, 4.69) is 10.2 Å². The Morgan fingerprint density at radius 3 is 2.42 bits per heavy atom. The minimum absolute atomic E-state index is 0.0893. The molecular formula is C21H32N2O3. The Kier molecular flexibility index (Phi) is 6.78. The van der Waals surface area contributed by atoms with Crippen molar-refractivity contribution < 1.29 is 14.3 Å². The van der Waals surface area contributed by atoms with E-state index in [9.17, 15) is 4.79 Å². The number of nitrogens with zero attached hydrogens (tertiary/aromatic N) is 1. The highest BCUT2D eigenvalue weighted by molar-refractivity contribution is 5.79. The van der Waals surface area contributed by atoms with E-state index in [0.717, 1.165) is 37.4 Å². The molecule has 0 aromatic heterocycles. The van der Waals surface area contributed by atoms with Gasteiger partial charge in [-0.2, -0.15) is 0 Å². The summed E-state index contributed by atoms with van der Waals surface area (Å²) in [7, 11) is 3.23. The number of likely N-dealkylation sites (tertiary alicyclic amines) is 1. The maximum atomic E-state index is 12.4. The molecule has 5 heteroatoms. The predicted molar refractivity (Wildman–Crippen MR) is 103 cm³/mol. The fraction of sp³-hybridized carbons (Fsp3) is 0.667. The molecule has 1 aliphatic carbocycles. The normalized spacial score (nSPS) is 19.5. The van der Waals surface area contributed by atoms with Crippen molar-refractivity contribution in [1.82, 2.24) is 10.2 Å². The monoisotopic (exact) mass is 360 g/mol. The molecule has 5 nitrogen and oxygen atoms in total. The molecule has 1 saturated heterocycles. The van der Waals surface area contributed by atoms with E-state index in [1.54, 1.807) is 14.2 Å².